The summed E-state index contributed by atoms with van der Waals surface area (Å²) in [6.07, 6.45) is 17.5. The van der Waals surface area contributed by atoms with Crippen molar-refractivity contribution in [1.82, 2.24) is 0 Å². The highest BCUT2D eigenvalue weighted by atomic mass is 19.1. The predicted molar refractivity (Wildman–Crippen MR) is 122 cm³/mol. The van der Waals surface area contributed by atoms with Gasteiger partial charge in [0.1, 0.15) is 11.6 Å². The Kier molecular flexibility index (Phi) is 9.23. The van der Waals surface area contributed by atoms with E-state index >= 15 is 0 Å². The van der Waals surface area contributed by atoms with Crippen molar-refractivity contribution in [2.24, 2.45) is 23.7 Å². The minimum Gasteiger partial charge on any atom is -0.206 e. The van der Waals surface area contributed by atoms with E-state index in [4.69, 9.17) is 0 Å². The predicted octanol–water partition coefficient (Wildman–Crippen LogP) is 8.46. The van der Waals surface area contributed by atoms with Crippen molar-refractivity contribution in [2.45, 2.75) is 104 Å². The SMILES string of the molecule is CCCc1cc(F)c(C#CC2CCC(CCC3CCC(CCC)CC3)CC2)c(F)c1. The van der Waals surface area contributed by atoms with Crippen LogP contribution >= 0.6 is 0 Å². The van der Waals surface area contributed by atoms with Crippen molar-refractivity contribution in [3.8, 4) is 11.8 Å². The molecule has 0 aliphatic heterocycles. The Labute approximate surface area is 183 Å². The highest BCUT2D eigenvalue weighted by Gasteiger charge is 2.24. The summed E-state index contributed by atoms with van der Waals surface area (Å²) in [4.78, 5) is 0. The zero-order chi connectivity index (χ0) is 21.3. The number of rotatable bonds is 7. The van der Waals surface area contributed by atoms with Crippen LogP contribution < -0.4 is 0 Å². The van der Waals surface area contributed by atoms with E-state index in [1.54, 1.807) is 0 Å². The average molecular weight is 415 g/mol. The first-order valence-electron chi connectivity index (χ1n) is 12.6. The van der Waals surface area contributed by atoms with Crippen LogP contribution in [0.1, 0.15) is 108 Å². The quantitative estimate of drug-likeness (QED) is 0.393. The summed E-state index contributed by atoms with van der Waals surface area (Å²) in [6.45, 7) is 4.32. The fourth-order valence-corrected chi connectivity index (χ4v) is 5.64. The maximum Gasteiger partial charge on any atom is 0.142 e. The second-order valence-electron chi connectivity index (χ2n) is 9.92. The molecular weight excluding hydrogens is 374 g/mol. The van der Waals surface area contributed by atoms with Gasteiger partial charge < -0.3 is 0 Å². The maximum atomic E-state index is 14.3. The smallest absolute Gasteiger partial charge is 0.142 e. The number of benzene rings is 1. The fourth-order valence-electron chi connectivity index (χ4n) is 5.64. The molecule has 0 radical (unpaired) electrons. The normalized spacial score (nSPS) is 26.8. The molecule has 2 heteroatoms. The molecule has 2 aliphatic carbocycles. The van der Waals surface area contributed by atoms with Crippen molar-refractivity contribution in [3.63, 3.8) is 0 Å². The van der Waals surface area contributed by atoms with Gasteiger partial charge in [-0.05, 0) is 67.6 Å². The zero-order valence-electron chi connectivity index (χ0n) is 19.1. The molecule has 1 aromatic rings. The Hall–Kier alpha value is -1.36. The Balaban J connectivity index is 1.41. The summed E-state index contributed by atoms with van der Waals surface area (Å²) in [6, 6.07) is 2.90. The van der Waals surface area contributed by atoms with Gasteiger partial charge in [0.2, 0.25) is 0 Å². The van der Waals surface area contributed by atoms with Crippen LogP contribution in [0.15, 0.2) is 12.1 Å². The Morgan fingerprint density at radius 3 is 1.73 bits per heavy atom. The van der Waals surface area contributed by atoms with Gasteiger partial charge >= 0.3 is 0 Å². The lowest BCUT2D eigenvalue weighted by atomic mass is 9.75. The Morgan fingerprint density at radius 2 is 1.23 bits per heavy atom. The Bertz CT molecular complexity index is 687. The van der Waals surface area contributed by atoms with E-state index < -0.39 is 11.6 Å². The largest absolute Gasteiger partial charge is 0.206 e. The lowest BCUT2D eigenvalue weighted by molar-refractivity contribution is 0.222. The monoisotopic (exact) mass is 414 g/mol. The number of hydrogen-bond donors (Lipinski definition) is 0. The topological polar surface area (TPSA) is 0 Å². The molecule has 0 amide bonds. The van der Waals surface area contributed by atoms with Gasteiger partial charge in [0.05, 0.1) is 5.56 Å². The van der Waals surface area contributed by atoms with E-state index in [1.165, 1.54) is 76.3 Å². The van der Waals surface area contributed by atoms with Gasteiger partial charge in [0.25, 0.3) is 0 Å². The molecule has 2 aliphatic rings. The van der Waals surface area contributed by atoms with Gasteiger partial charge in [0.15, 0.2) is 0 Å². The molecule has 0 spiro atoms. The van der Waals surface area contributed by atoms with Gasteiger partial charge in [0, 0.05) is 5.92 Å². The molecule has 1 aromatic carbocycles. The molecule has 30 heavy (non-hydrogen) atoms. The zero-order valence-corrected chi connectivity index (χ0v) is 19.1. The van der Waals surface area contributed by atoms with Crippen LogP contribution in [0, 0.1) is 47.1 Å². The molecule has 0 N–H and O–H groups in total. The highest BCUT2D eigenvalue weighted by molar-refractivity contribution is 5.39. The summed E-state index contributed by atoms with van der Waals surface area (Å²) in [7, 11) is 0. The van der Waals surface area contributed by atoms with Crippen LogP contribution in [0.4, 0.5) is 8.78 Å². The second-order valence-corrected chi connectivity index (χ2v) is 9.92. The molecule has 0 atom stereocenters. The van der Waals surface area contributed by atoms with E-state index in [1.807, 2.05) is 6.92 Å². The van der Waals surface area contributed by atoms with E-state index in [0.717, 1.165) is 42.6 Å². The lowest BCUT2D eigenvalue weighted by Gasteiger charge is -2.31. The number of aryl methyl sites for hydroxylation is 1. The highest BCUT2D eigenvalue weighted by Crippen LogP contribution is 2.37. The van der Waals surface area contributed by atoms with E-state index in [-0.39, 0.29) is 5.56 Å². The van der Waals surface area contributed by atoms with Crippen molar-refractivity contribution < 1.29 is 8.78 Å². The van der Waals surface area contributed by atoms with E-state index in [0.29, 0.717) is 12.3 Å². The summed E-state index contributed by atoms with van der Waals surface area (Å²) >= 11 is 0. The molecule has 0 bridgehead atoms. The van der Waals surface area contributed by atoms with Gasteiger partial charge in [-0.3, -0.25) is 0 Å². The molecule has 0 nitrogen and oxygen atoms in total. The van der Waals surface area contributed by atoms with Crippen molar-refractivity contribution in [2.75, 3.05) is 0 Å². The van der Waals surface area contributed by atoms with Crippen molar-refractivity contribution in [1.29, 1.82) is 0 Å². The van der Waals surface area contributed by atoms with Gasteiger partial charge in [-0.1, -0.05) is 83.5 Å². The van der Waals surface area contributed by atoms with Gasteiger partial charge in [-0.25, -0.2) is 8.78 Å². The summed E-state index contributed by atoms with van der Waals surface area (Å²) in [5.74, 6) is 8.08. The van der Waals surface area contributed by atoms with E-state index in [9.17, 15) is 8.78 Å². The van der Waals surface area contributed by atoms with Crippen LogP contribution in [-0.4, -0.2) is 0 Å². The molecular formula is C28H40F2. The minimum atomic E-state index is -0.506. The first-order valence-corrected chi connectivity index (χ1v) is 12.6. The van der Waals surface area contributed by atoms with Crippen LogP contribution in [-0.2, 0) is 6.42 Å². The third kappa shape index (κ3) is 6.83. The summed E-state index contributed by atoms with van der Waals surface area (Å²) < 4.78 is 28.5. The summed E-state index contributed by atoms with van der Waals surface area (Å²) in [5.41, 5.74) is 0.674. The van der Waals surface area contributed by atoms with Gasteiger partial charge in [-0.2, -0.15) is 0 Å². The molecule has 0 heterocycles. The first kappa shape index (κ1) is 23.3. The van der Waals surface area contributed by atoms with Crippen LogP contribution in [0.25, 0.3) is 0 Å². The van der Waals surface area contributed by atoms with E-state index in [2.05, 4.69) is 18.8 Å². The van der Waals surface area contributed by atoms with Crippen LogP contribution in [0.2, 0.25) is 0 Å². The third-order valence-corrected chi connectivity index (χ3v) is 7.54. The van der Waals surface area contributed by atoms with Crippen molar-refractivity contribution >= 4 is 0 Å². The molecule has 3 rings (SSSR count). The standard InChI is InChI=1S/C28H40F2/c1-3-5-21-7-9-22(10-8-21)11-12-23-13-15-24(16-14-23)17-18-26-27(29)19-25(6-4-2)20-28(26)30/h19-24H,3-16H2,1-2H3. The molecule has 166 valence electrons. The second kappa shape index (κ2) is 11.9. The minimum absolute atomic E-state index is 0.0457. The average Bonchev–Trinajstić information content (AvgIpc) is 2.74. The maximum absolute atomic E-state index is 14.3. The van der Waals surface area contributed by atoms with Crippen LogP contribution in [0.5, 0.6) is 0 Å². The molecule has 0 unspecified atom stereocenters. The van der Waals surface area contributed by atoms with Crippen LogP contribution in [0.3, 0.4) is 0 Å². The number of halogens is 2. The van der Waals surface area contributed by atoms with Crippen molar-refractivity contribution in [3.05, 3.63) is 34.9 Å². The molecule has 2 fully saturated rings. The number of hydrogen-bond acceptors (Lipinski definition) is 0. The first-order chi connectivity index (χ1) is 14.6. The molecule has 2 saturated carbocycles. The molecule has 0 saturated heterocycles. The lowest BCUT2D eigenvalue weighted by Crippen LogP contribution is -2.17. The Morgan fingerprint density at radius 1 is 0.733 bits per heavy atom. The van der Waals surface area contributed by atoms with Gasteiger partial charge in [-0.15, -0.1) is 0 Å². The third-order valence-electron chi connectivity index (χ3n) is 7.54. The molecule has 0 aromatic heterocycles. The fraction of sp³-hybridized carbons (Fsp3) is 0.714. The summed E-state index contributed by atoms with van der Waals surface area (Å²) in [5, 5.41) is 0.